The van der Waals surface area contributed by atoms with Crippen molar-refractivity contribution in [2.45, 2.75) is 64.4 Å². The summed E-state index contributed by atoms with van der Waals surface area (Å²) in [5.41, 5.74) is -5.48. The van der Waals surface area contributed by atoms with Crippen LogP contribution >= 0.6 is 0 Å². The van der Waals surface area contributed by atoms with Crippen LogP contribution in [0.1, 0.15) is 56.8 Å². The summed E-state index contributed by atoms with van der Waals surface area (Å²) < 4.78 is 37.2. The third-order valence-electron chi connectivity index (χ3n) is 10.8. The summed E-state index contributed by atoms with van der Waals surface area (Å²) in [6, 6.07) is 8.64. The zero-order chi connectivity index (χ0) is 31.8. The number of hydrogen-bond donors (Lipinski definition) is 2. The largest absolute Gasteiger partial charge is 0.468 e. The lowest BCUT2D eigenvalue weighted by Gasteiger charge is -2.63. The number of alkyl halides is 2. The molecule has 1 aromatic rings. The fourth-order valence-corrected chi connectivity index (χ4v) is 8.62. The number of hydrogen-bond acceptors (Lipinski definition) is 7. The molecular formula is C33H41F2NO7. The van der Waals surface area contributed by atoms with Gasteiger partial charge in [-0.2, -0.15) is 0 Å². The van der Waals surface area contributed by atoms with E-state index >= 15 is 8.78 Å². The van der Waals surface area contributed by atoms with Gasteiger partial charge in [-0.1, -0.05) is 31.2 Å². The van der Waals surface area contributed by atoms with E-state index in [0.29, 0.717) is 25.1 Å². The molecule has 0 heterocycles. The van der Waals surface area contributed by atoms with Crippen molar-refractivity contribution in [1.29, 1.82) is 0 Å². The van der Waals surface area contributed by atoms with Crippen molar-refractivity contribution in [2.24, 2.45) is 28.1 Å². The van der Waals surface area contributed by atoms with Crippen LogP contribution in [-0.4, -0.2) is 83.8 Å². The van der Waals surface area contributed by atoms with E-state index in [0.717, 1.165) is 6.08 Å². The number of carbonyl (C=O) groups excluding carboxylic acids is 4. The molecule has 1 amide bonds. The topological polar surface area (TPSA) is 121 Å². The molecular weight excluding hydrogens is 560 g/mol. The number of allylic oxidation sites excluding steroid dienone is 4. The number of halogens is 2. The Balaban J connectivity index is 0.000000782. The van der Waals surface area contributed by atoms with Crippen molar-refractivity contribution in [3.8, 4) is 0 Å². The summed E-state index contributed by atoms with van der Waals surface area (Å²) in [6.45, 7) is 5.26. The van der Waals surface area contributed by atoms with E-state index in [2.05, 4.69) is 4.74 Å². The molecule has 0 radical (unpaired) electrons. The second-order valence-corrected chi connectivity index (χ2v) is 12.6. The third-order valence-corrected chi connectivity index (χ3v) is 10.8. The van der Waals surface area contributed by atoms with Crippen molar-refractivity contribution in [1.82, 2.24) is 4.90 Å². The fourth-order valence-electron chi connectivity index (χ4n) is 8.62. The number of benzene rings is 1. The second kappa shape index (κ2) is 12.0. The Kier molecular flexibility index (Phi) is 9.14. The number of Topliss-reactive ketones (excluding diaryl/α,β-unsaturated/α-hetero) is 1. The average molecular weight is 602 g/mol. The minimum absolute atomic E-state index is 0.0122. The monoisotopic (exact) mass is 601 g/mol. The van der Waals surface area contributed by atoms with Gasteiger partial charge in [0.05, 0.1) is 18.1 Å². The van der Waals surface area contributed by atoms with Gasteiger partial charge in [-0.05, 0) is 80.7 Å². The molecule has 0 saturated heterocycles. The highest BCUT2D eigenvalue weighted by molar-refractivity contribution is 6.01. The fraction of sp³-hybridized carbons (Fsp3) is 0.576. The molecule has 1 aromatic carbocycles. The highest BCUT2D eigenvalue weighted by atomic mass is 19.1. The van der Waals surface area contributed by atoms with E-state index in [1.807, 2.05) is 6.92 Å². The first-order valence-corrected chi connectivity index (χ1v) is 14.7. The predicted octanol–water partition coefficient (Wildman–Crippen LogP) is 3.80. The second-order valence-electron chi connectivity index (χ2n) is 12.6. The summed E-state index contributed by atoms with van der Waals surface area (Å²) in [7, 11) is 1.59. The smallest absolute Gasteiger partial charge is 0.293 e. The van der Waals surface area contributed by atoms with Crippen molar-refractivity contribution in [3.63, 3.8) is 0 Å². The first-order chi connectivity index (χ1) is 20.3. The molecule has 4 aliphatic rings. The number of nitrogens with zero attached hydrogens (tertiary/aromatic N) is 1. The summed E-state index contributed by atoms with van der Waals surface area (Å²) in [5.74, 6) is -2.56. The number of carbonyl (C=O) groups is 4. The molecule has 0 spiro atoms. The number of fused-ring (bicyclic) bond motifs is 5. The Labute approximate surface area is 250 Å². The molecule has 0 aromatic heterocycles. The molecule has 0 bridgehead atoms. The van der Waals surface area contributed by atoms with Gasteiger partial charge in [-0.25, -0.2) is 8.78 Å². The van der Waals surface area contributed by atoms with Crippen molar-refractivity contribution in [2.75, 3.05) is 26.8 Å². The lowest BCUT2D eigenvalue weighted by molar-refractivity contribution is -0.212. The van der Waals surface area contributed by atoms with E-state index in [9.17, 15) is 29.4 Å². The number of ketones is 2. The third kappa shape index (κ3) is 4.96. The van der Waals surface area contributed by atoms with Crippen LogP contribution in [-0.2, 0) is 19.1 Å². The molecule has 3 saturated carbocycles. The van der Waals surface area contributed by atoms with Gasteiger partial charge in [-0.15, -0.1) is 0 Å². The van der Waals surface area contributed by atoms with E-state index in [4.69, 9.17) is 0 Å². The lowest BCUT2D eigenvalue weighted by atomic mass is 9.43. The predicted molar refractivity (Wildman–Crippen MR) is 154 cm³/mol. The van der Waals surface area contributed by atoms with E-state index in [1.165, 1.54) is 17.1 Å². The minimum Gasteiger partial charge on any atom is -0.468 e. The molecule has 8 nitrogen and oxygen atoms in total. The molecule has 5 rings (SSSR count). The maximum Gasteiger partial charge on any atom is 0.293 e. The first kappa shape index (κ1) is 32.7. The number of amides is 1. The summed E-state index contributed by atoms with van der Waals surface area (Å²) in [4.78, 5) is 49.4. The van der Waals surface area contributed by atoms with Crippen LogP contribution in [0.3, 0.4) is 0 Å². The summed E-state index contributed by atoms with van der Waals surface area (Å²) in [5, 5.41) is 21.6. The Bertz CT molecular complexity index is 1320. The Morgan fingerprint density at radius 3 is 2.44 bits per heavy atom. The van der Waals surface area contributed by atoms with Crippen LogP contribution in [0.15, 0.2) is 54.1 Å². The molecule has 3 fully saturated rings. The minimum atomic E-state index is -2.24. The summed E-state index contributed by atoms with van der Waals surface area (Å²) in [6.07, 6.45) is 1.04. The molecule has 234 valence electrons. The van der Waals surface area contributed by atoms with Gasteiger partial charge in [0.15, 0.2) is 17.2 Å². The first-order valence-electron chi connectivity index (χ1n) is 14.7. The quantitative estimate of drug-likeness (QED) is 0.456. The zero-order valence-electron chi connectivity index (χ0n) is 25.1. The molecule has 10 heteroatoms. The Morgan fingerprint density at radius 2 is 1.86 bits per heavy atom. The van der Waals surface area contributed by atoms with Crippen LogP contribution in [0.25, 0.3) is 0 Å². The van der Waals surface area contributed by atoms with Gasteiger partial charge in [0.1, 0.15) is 12.8 Å². The Morgan fingerprint density at radius 1 is 1.19 bits per heavy atom. The molecule has 2 unspecified atom stereocenters. The van der Waals surface area contributed by atoms with Crippen LogP contribution in [0, 0.1) is 28.1 Å². The van der Waals surface area contributed by atoms with Crippen LogP contribution < -0.4 is 0 Å². The van der Waals surface area contributed by atoms with Crippen LogP contribution in [0.4, 0.5) is 8.78 Å². The highest BCUT2D eigenvalue weighted by Crippen LogP contribution is 2.72. The van der Waals surface area contributed by atoms with Crippen molar-refractivity contribution >= 4 is 23.9 Å². The summed E-state index contributed by atoms with van der Waals surface area (Å²) >= 11 is 0. The zero-order valence-corrected chi connectivity index (χ0v) is 25.1. The number of aliphatic hydroxyl groups is 2. The van der Waals surface area contributed by atoms with Crippen molar-refractivity contribution < 1.29 is 42.9 Å². The number of aliphatic hydroxyl groups excluding tert-OH is 2. The number of rotatable bonds is 7. The lowest BCUT2D eigenvalue weighted by Crippen LogP contribution is -2.70. The average Bonchev–Trinajstić information content (AvgIpc) is 3.27. The van der Waals surface area contributed by atoms with Gasteiger partial charge in [0.25, 0.3) is 12.4 Å². The maximum absolute atomic E-state index is 17.4. The van der Waals surface area contributed by atoms with Crippen molar-refractivity contribution in [3.05, 3.63) is 59.7 Å². The van der Waals surface area contributed by atoms with Gasteiger partial charge in [0, 0.05) is 30.5 Å². The maximum atomic E-state index is 17.4. The molecule has 0 aliphatic heterocycles. The van der Waals surface area contributed by atoms with Gasteiger partial charge >= 0.3 is 0 Å². The van der Waals surface area contributed by atoms with Crippen LogP contribution in [0.2, 0.25) is 0 Å². The molecule has 2 N–H and O–H groups in total. The van der Waals surface area contributed by atoms with Crippen LogP contribution in [0.5, 0.6) is 0 Å². The highest BCUT2D eigenvalue weighted by Gasteiger charge is 2.75. The van der Waals surface area contributed by atoms with E-state index < -0.39 is 64.2 Å². The van der Waals surface area contributed by atoms with Gasteiger partial charge in [0.2, 0.25) is 0 Å². The van der Waals surface area contributed by atoms with Gasteiger partial charge in [-0.3, -0.25) is 19.2 Å². The van der Waals surface area contributed by atoms with E-state index in [-0.39, 0.29) is 37.3 Å². The normalized spacial score (nSPS) is 37.5. The Hall–Kier alpha value is -3.24. The molecule has 43 heavy (non-hydrogen) atoms. The van der Waals surface area contributed by atoms with Gasteiger partial charge < -0.3 is 19.8 Å². The number of ether oxygens (including phenoxy) is 1. The van der Waals surface area contributed by atoms with E-state index in [1.54, 1.807) is 51.2 Å². The standard InChI is InChI=1S/C30H35F2NO5.C3H6O2/c1-27-11-9-19(35)13-22(27)23(31)14-21-20-10-12-29(25(37)16-34,28(20,2)15-24(36)30(21,27)32)17-33(3)26(38)18-7-5-4-6-8-18;1-2-5-3-4/h4-9,11,13,20-21,23-24,34,36H,10,12,14-17H2,1-3H3;3H,2H2,1H3/t20?,21?,23-,24-,27-,28-,29-,30-;/m0./s1. The molecule has 4 aliphatic carbocycles. The SMILES string of the molecule is CCOC=O.CN(C[C@]1(C(=O)CO)CCC2C3C[C@H](F)C4=CC(=O)C=C[C@]4(C)[C@@]3(F)[C@@H](O)C[C@@]21C)C(=O)c1ccccc1. The molecule has 8 atom stereocenters.